The zero-order valence-corrected chi connectivity index (χ0v) is 11.9. The van der Waals surface area contributed by atoms with Gasteiger partial charge in [0, 0.05) is 0 Å². The van der Waals surface area contributed by atoms with Crippen molar-refractivity contribution in [3.05, 3.63) is 42.5 Å². The van der Waals surface area contributed by atoms with Crippen LogP contribution < -0.4 is 0 Å². The van der Waals surface area contributed by atoms with Crippen LogP contribution in [0.4, 0.5) is 0 Å². The Labute approximate surface area is 107 Å². The summed E-state index contributed by atoms with van der Waals surface area (Å²) >= 11 is 5.88. The molecule has 0 aliphatic heterocycles. The van der Waals surface area contributed by atoms with E-state index in [0.717, 1.165) is 10.8 Å². The first-order chi connectivity index (χ1) is 7.36. The fraction of sp³-hybridized carbons (Fsp3) is 0.167. The van der Waals surface area contributed by atoms with E-state index in [2.05, 4.69) is 31.9 Å². The highest BCUT2D eigenvalue weighted by Crippen LogP contribution is 2.18. The van der Waals surface area contributed by atoms with Gasteiger partial charge in [0.1, 0.15) is 5.75 Å². The number of fused-ring (bicyclic) bond motifs is 1. The monoisotopic (exact) mass is 332 g/mol. The molecule has 0 unspecified atom stereocenters. The molecule has 0 saturated heterocycles. The molecule has 1 nitrogen and oxygen atoms in total. The number of rotatable bonds is 0. The predicted molar refractivity (Wildman–Crippen MR) is 75.3 cm³/mol. The molecular weight excluding hydrogens is 320 g/mol. The lowest BCUT2D eigenvalue weighted by Crippen LogP contribution is -1.69. The van der Waals surface area contributed by atoms with Gasteiger partial charge in [-0.1, -0.05) is 62.2 Å². The third kappa shape index (κ3) is 4.67. The normalized spacial score (nSPS) is 8.27. The van der Waals surface area contributed by atoms with Crippen LogP contribution in [0, 0.1) is 0 Å². The number of hydrogen-bond acceptors (Lipinski definition) is 1. The van der Waals surface area contributed by atoms with Gasteiger partial charge >= 0.3 is 0 Å². The topological polar surface area (TPSA) is 20.2 Å². The Morgan fingerprint density at radius 1 is 0.800 bits per heavy atom. The quantitative estimate of drug-likeness (QED) is 0.700. The Kier molecular flexibility index (Phi) is 8.43. The molecule has 0 bridgehead atoms. The summed E-state index contributed by atoms with van der Waals surface area (Å²) in [4.78, 5) is 0. The standard InChI is InChI=1S/C10H8O.2CH3Br/c11-10-6-5-8-3-1-2-4-9(8)7-10;2*1-2/h1-7,11H;2*1H3. The molecule has 0 atom stereocenters. The highest BCUT2D eigenvalue weighted by molar-refractivity contribution is 9.09. The Bertz CT molecular complexity index is 388. The molecule has 0 heterocycles. The number of benzene rings is 2. The summed E-state index contributed by atoms with van der Waals surface area (Å²) in [6, 6.07) is 13.3. The minimum atomic E-state index is 0.323. The molecule has 0 saturated carbocycles. The molecule has 0 fully saturated rings. The second-order valence-electron chi connectivity index (χ2n) is 2.53. The molecule has 15 heavy (non-hydrogen) atoms. The third-order valence-corrected chi connectivity index (χ3v) is 1.73. The molecule has 0 radical (unpaired) electrons. The van der Waals surface area contributed by atoms with Gasteiger partial charge in [-0.3, -0.25) is 0 Å². The van der Waals surface area contributed by atoms with E-state index in [1.165, 1.54) is 0 Å². The molecule has 0 aromatic heterocycles. The first-order valence-corrected chi connectivity index (χ1v) is 7.47. The summed E-state index contributed by atoms with van der Waals surface area (Å²) in [5.74, 6) is 3.95. The zero-order valence-electron chi connectivity index (χ0n) is 8.74. The molecule has 0 aliphatic rings. The minimum absolute atomic E-state index is 0.323. The van der Waals surface area contributed by atoms with E-state index in [-0.39, 0.29) is 0 Å². The van der Waals surface area contributed by atoms with Crippen molar-refractivity contribution in [3.8, 4) is 5.75 Å². The summed E-state index contributed by atoms with van der Waals surface area (Å²) < 4.78 is 0. The summed E-state index contributed by atoms with van der Waals surface area (Å²) in [6.07, 6.45) is 0. The van der Waals surface area contributed by atoms with Gasteiger partial charge in [0.05, 0.1) is 0 Å². The van der Waals surface area contributed by atoms with Gasteiger partial charge < -0.3 is 5.11 Å². The largest absolute Gasteiger partial charge is 0.508 e. The highest BCUT2D eigenvalue weighted by Gasteiger charge is 1.91. The first-order valence-electron chi connectivity index (χ1n) is 4.29. The fourth-order valence-corrected chi connectivity index (χ4v) is 1.18. The van der Waals surface area contributed by atoms with Gasteiger partial charge in [0.2, 0.25) is 0 Å². The van der Waals surface area contributed by atoms with Crippen molar-refractivity contribution in [3.63, 3.8) is 0 Å². The molecule has 1 N–H and O–H groups in total. The van der Waals surface area contributed by atoms with Crippen molar-refractivity contribution >= 4 is 42.6 Å². The highest BCUT2D eigenvalue weighted by atomic mass is 79.9. The van der Waals surface area contributed by atoms with E-state index in [4.69, 9.17) is 5.11 Å². The van der Waals surface area contributed by atoms with Crippen LogP contribution >= 0.6 is 31.9 Å². The number of alkyl halides is 2. The summed E-state index contributed by atoms with van der Waals surface area (Å²) in [5, 5.41) is 11.4. The average molecular weight is 334 g/mol. The lowest BCUT2D eigenvalue weighted by molar-refractivity contribution is 0.476. The van der Waals surface area contributed by atoms with Crippen LogP contribution in [-0.4, -0.2) is 16.8 Å². The maximum Gasteiger partial charge on any atom is 0.116 e. The van der Waals surface area contributed by atoms with Crippen molar-refractivity contribution < 1.29 is 5.11 Å². The van der Waals surface area contributed by atoms with Gasteiger partial charge in [-0.15, -0.1) is 0 Å². The molecular formula is C12H14Br2O. The van der Waals surface area contributed by atoms with E-state index >= 15 is 0 Å². The Balaban J connectivity index is 0.000000442. The van der Waals surface area contributed by atoms with Crippen LogP contribution in [0.2, 0.25) is 0 Å². The summed E-state index contributed by atoms with van der Waals surface area (Å²) in [7, 11) is 0. The van der Waals surface area contributed by atoms with E-state index in [1.807, 2.05) is 42.0 Å². The molecule has 3 heteroatoms. The second kappa shape index (κ2) is 8.74. The predicted octanol–water partition coefficient (Wildman–Crippen LogP) is 4.57. The number of halogens is 2. The molecule has 82 valence electrons. The molecule has 0 aliphatic carbocycles. The van der Waals surface area contributed by atoms with Crippen LogP contribution in [0.25, 0.3) is 10.8 Å². The van der Waals surface area contributed by atoms with Gasteiger partial charge in [0.25, 0.3) is 0 Å². The molecule has 2 rings (SSSR count). The Morgan fingerprint density at radius 3 is 1.93 bits per heavy atom. The average Bonchev–Trinajstić information content (AvgIpc) is 2.34. The van der Waals surface area contributed by atoms with Crippen LogP contribution in [-0.2, 0) is 0 Å². The fourth-order valence-electron chi connectivity index (χ4n) is 1.18. The lowest BCUT2D eigenvalue weighted by Gasteiger charge is -1.96. The first kappa shape index (κ1) is 14.5. The smallest absolute Gasteiger partial charge is 0.116 e. The number of hydrogen-bond donors (Lipinski definition) is 1. The van der Waals surface area contributed by atoms with Gasteiger partial charge in [0.15, 0.2) is 0 Å². The summed E-state index contributed by atoms with van der Waals surface area (Å²) in [6.45, 7) is 0. The minimum Gasteiger partial charge on any atom is -0.508 e. The molecule has 2 aromatic carbocycles. The van der Waals surface area contributed by atoms with Crippen molar-refractivity contribution in [1.82, 2.24) is 0 Å². The number of phenols is 1. The van der Waals surface area contributed by atoms with Crippen molar-refractivity contribution in [2.75, 3.05) is 11.7 Å². The third-order valence-electron chi connectivity index (χ3n) is 1.73. The van der Waals surface area contributed by atoms with Crippen molar-refractivity contribution in [1.29, 1.82) is 0 Å². The number of phenolic OH excluding ortho intramolecular Hbond substituents is 1. The maximum atomic E-state index is 9.13. The Hall–Kier alpha value is -0.540. The summed E-state index contributed by atoms with van der Waals surface area (Å²) in [5.41, 5.74) is 0. The molecule has 2 aromatic rings. The SMILES string of the molecule is CBr.CBr.Oc1ccc2ccccc2c1. The van der Waals surface area contributed by atoms with Crippen LogP contribution in [0.15, 0.2) is 42.5 Å². The van der Waals surface area contributed by atoms with E-state index in [0.29, 0.717) is 5.75 Å². The van der Waals surface area contributed by atoms with Gasteiger partial charge in [-0.2, -0.15) is 0 Å². The van der Waals surface area contributed by atoms with Crippen LogP contribution in [0.5, 0.6) is 5.75 Å². The second-order valence-corrected chi connectivity index (χ2v) is 2.53. The number of aromatic hydroxyl groups is 1. The van der Waals surface area contributed by atoms with Gasteiger partial charge in [-0.25, -0.2) is 0 Å². The van der Waals surface area contributed by atoms with Crippen LogP contribution in [0.1, 0.15) is 0 Å². The van der Waals surface area contributed by atoms with Gasteiger partial charge in [-0.05, 0) is 34.6 Å². The van der Waals surface area contributed by atoms with E-state index < -0.39 is 0 Å². The Morgan fingerprint density at radius 2 is 1.33 bits per heavy atom. The van der Waals surface area contributed by atoms with Crippen LogP contribution in [0.3, 0.4) is 0 Å². The molecule has 0 amide bonds. The zero-order chi connectivity index (χ0) is 11.7. The van der Waals surface area contributed by atoms with Crippen molar-refractivity contribution in [2.45, 2.75) is 0 Å². The molecule has 0 spiro atoms. The van der Waals surface area contributed by atoms with E-state index in [9.17, 15) is 0 Å². The lowest BCUT2D eigenvalue weighted by atomic mass is 10.1. The van der Waals surface area contributed by atoms with Crippen molar-refractivity contribution in [2.24, 2.45) is 0 Å². The maximum absolute atomic E-state index is 9.13. The van der Waals surface area contributed by atoms with E-state index in [1.54, 1.807) is 12.1 Å².